The number of fused-ring (bicyclic) bond motifs is 1. The summed E-state index contributed by atoms with van der Waals surface area (Å²) in [7, 11) is 3.22. The quantitative estimate of drug-likeness (QED) is 0.697. The van der Waals surface area contributed by atoms with Crippen LogP contribution in [0.25, 0.3) is 16.6 Å². The molecule has 7 heteroatoms. The highest BCUT2D eigenvalue weighted by Gasteiger charge is 2.10. The molecule has 3 rings (SSSR count). The molecule has 1 heterocycles. The molecular formula is C17H17N2O4S-. The smallest absolute Gasteiger partial charge is 0.162 e. The van der Waals surface area contributed by atoms with Crippen LogP contribution in [0.5, 0.6) is 11.5 Å². The minimum absolute atomic E-state index is 0.272. The second kappa shape index (κ2) is 7.04. The van der Waals surface area contributed by atoms with Crippen molar-refractivity contribution in [2.75, 3.05) is 14.2 Å². The highest BCUT2D eigenvalue weighted by atomic mass is 32.2. The molecule has 0 fully saturated rings. The number of nitrogens with zero attached hydrogens (tertiary/aromatic N) is 1. The monoisotopic (exact) mass is 345 g/mol. The van der Waals surface area contributed by atoms with E-state index in [4.69, 9.17) is 9.47 Å². The first-order chi connectivity index (χ1) is 11.6. The largest absolute Gasteiger partial charge is 0.760 e. The summed E-state index contributed by atoms with van der Waals surface area (Å²) in [5.74, 6) is 1.36. The number of rotatable bonds is 6. The Morgan fingerprint density at radius 2 is 1.75 bits per heavy atom. The molecule has 1 unspecified atom stereocenters. The van der Waals surface area contributed by atoms with Gasteiger partial charge in [-0.3, -0.25) is 4.21 Å². The third-order valence-electron chi connectivity index (χ3n) is 3.80. The van der Waals surface area contributed by atoms with E-state index in [1.165, 1.54) is 0 Å². The average molecular weight is 345 g/mol. The summed E-state index contributed by atoms with van der Waals surface area (Å²) in [4.78, 5) is 0. The molecule has 2 aromatic carbocycles. The molecule has 1 atom stereocenters. The molecule has 0 aliphatic heterocycles. The van der Waals surface area contributed by atoms with Crippen LogP contribution >= 0.6 is 0 Å². The van der Waals surface area contributed by atoms with E-state index in [0.29, 0.717) is 11.5 Å². The lowest BCUT2D eigenvalue weighted by molar-refractivity contribution is 0.356. The van der Waals surface area contributed by atoms with Crippen molar-refractivity contribution in [2.24, 2.45) is 0 Å². The van der Waals surface area contributed by atoms with Gasteiger partial charge in [-0.1, -0.05) is 12.1 Å². The second-order valence-corrected chi connectivity index (χ2v) is 5.93. The van der Waals surface area contributed by atoms with Crippen LogP contribution < -0.4 is 14.2 Å². The van der Waals surface area contributed by atoms with E-state index >= 15 is 0 Å². The van der Waals surface area contributed by atoms with E-state index < -0.39 is 11.3 Å². The van der Waals surface area contributed by atoms with Crippen molar-refractivity contribution >= 4 is 22.2 Å². The first-order valence-corrected chi connectivity index (χ1v) is 8.35. The molecule has 0 bridgehead atoms. The van der Waals surface area contributed by atoms with E-state index in [1.807, 2.05) is 53.2 Å². The lowest BCUT2D eigenvalue weighted by Gasteiger charge is -2.11. The number of hydrogen-bond acceptors (Lipinski definition) is 4. The fourth-order valence-electron chi connectivity index (χ4n) is 2.60. The van der Waals surface area contributed by atoms with E-state index in [1.54, 1.807) is 14.2 Å². The maximum absolute atomic E-state index is 10.5. The van der Waals surface area contributed by atoms with Crippen LogP contribution in [-0.2, 0) is 17.8 Å². The van der Waals surface area contributed by atoms with Gasteiger partial charge in [-0.05, 0) is 29.8 Å². The number of benzene rings is 2. The average Bonchev–Trinajstić information content (AvgIpc) is 3.01. The third-order valence-corrected chi connectivity index (χ3v) is 4.18. The van der Waals surface area contributed by atoms with Crippen molar-refractivity contribution in [1.29, 1.82) is 0 Å². The SMILES string of the molecule is COc1cc2ccn(-c3ccc(CNS(=O)[O-])cc3)c2cc1OC. The van der Waals surface area contributed by atoms with Crippen molar-refractivity contribution in [3.8, 4) is 17.2 Å². The number of aromatic nitrogens is 1. The molecule has 126 valence electrons. The molecule has 6 nitrogen and oxygen atoms in total. The van der Waals surface area contributed by atoms with Crippen molar-refractivity contribution in [3.63, 3.8) is 0 Å². The lowest BCUT2D eigenvalue weighted by atomic mass is 10.2. The zero-order chi connectivity index (χ0) is 17.1. The predicted molar refractivity (Wildman–Crippen MR) is 92.1 cm³/mol. The fourth-order valence-corrected chi connectivity index (χ4v) is 2.89. The molecule has 0 saturated heterocycles. The van der Waals surface area contributed by atoms with Crippen LogP contribution in [0, 0.1) is 0 Å². The molecule has 1 aromatic heterocycles. The maximum atomic E-state index is 10.5. The predicted octanol–water partition coefficient (Wildman–Crippen LogP) is 2.53. The summed E-state index contributed by atoms with van der Waals surface area (Å²) in [6, 6.07) is 13.6. The van der Waals surface area contributed by atoms with Crippen LogP contribution in [0.1, 0.15) is 5.56 Å². The zero-order valence-electron chi connectivity index (χ0n) is 13.3. The molecule has 0 spiro atoms. The van der Waals surface area contributed by atoms with Crippen molar-refractivity contribution < 1.29 is 18.2 Å². The summed E-state index contributed by atoms with van der Waals surface area (Å²) < 4.78 is 36.2. The Bertz CT molecular complexity index is 874. The summed E-state index contributed by atoms with van der Waals surface area (Å²) in [5.41, 5.74) is 2.86. The molecular weight excluding hydrogens is 328 g/mol. The maximum Gasteiger partial charge on any atom is 0.162 e. The Balaban J connectivity index is 1.95. The normalized spacial score (nSPS) is 12.3. The topological polar surface area (TPSA) is 75.5 Å². The minimum atomic E-state index is -2.26. The van der Waals surface area contributed by atoms with Gasteiger partial charge < -0.3 is 18.6 Å². The Kier molecular flexibility index (Phi) is 4.84. The highest BCUT2D eigenvalue weighted by molar-refractivity contribution is 7.77. The Morgan fingerprint density at radius 3 is 2.38 bits per heavy atom. The zero-order valence-corrected chi connectivity index (χ0v) is 14.1. The second-order valence-electron chi connectivity index (χ2n) is 5.17. The van der Waals surface area contributed by atoms with Gasteiger partial charge >= 0.3 is 0 Å². The van der Waals surface area contributed by atoms with Crippen molar-refractivity contribution in [1.82, 2.24) is 9.29 Å². The molecule has 3 aromatic rings. The third kappa shape index (κ3) is 3.28. The lowest BCUT2D eigenvalue weighted by Crippen LogP contribution is -2.15. The van der Waals surface area contributed by atoms with E-state index in [2.05, 4.69) is 4.72 Å². The van der Waals surface area contributed by atoms with Crippen LogP contribution in [0.3, 0.4) is 0 Å². The molecule has 0 aliphatic carbocycles. The molecule has 0 aliphatic rings. The van der Waals surface area contributed by atoms with Crippen LogP contribution in [-0.4, -0.2) is 27.5 Å². The summed E-state index contributed by atoms with van der Waals surface area (Å²) in [6.07, 6.45) is 1.98. The molecule has 0 saturated carbocycles. The Labute approximate surface area is 142 Å². The van der Waals surface area contributed by atoms with Gasteiger partial charge in [0, 0.05) is 41.1 Å². The standard InChI is InChI=1S/C17H18N2O4S/c1-22-16-9-13-7-8-19(15(13)10-17(16)23-2)14-5-3-12(4-6-14)11-18-24(20)21/h3-10,18H,11H2,1-2H3,(H,20,21)/p-1. The summed E-state index contributed by atoms with van der Waals surface area (Å²) in [6.45, 7) is 0.272. The molecule has 1 N–H and O–H groups in total. The van der Waals surface area contributed by atoms with Gasteiger partial charge in [0.05, 0.1) is 19.7 Å². The first-order valence-electron chi connectivity index (χ1n) is 7.27. The van der Waals surface area contributed by atoms with Gasteiger partial charge in [0.1, 0.15) is 0 Å². The number of ether oxygens (including phenoxy) is 2. The van der Waals surface area contributed by atoms with E-state index in [0.717, 1.165) is 22.2 Å². The van der Waals surface area contributed by atoms with Crippen molar-refractivity contribution in [2.45, 2.75) is 6.54 Å². The summed E-state index contributed by atoms with van der Waals surface area (Å²) in [5, 5.41) is 1.04. The van der Waals surface area contributed by atoms with Crippen LogP contribution in [0.15, 0.2) is 48.7 Å². The van der Waals surface area contributed by atoms with E-state index in [-0.39, 0.29) is 6.54 Å². The highest BCUT2D eigenvalue weighted by Crippen LogP contribution is 2.33. The summed E-state index contributed by atoms with van der Waals surface area (Å²) >= 11 is -2.26. The number of hydrogen-bond donors (Lipinski definition) is 1. The van der Waals surface area contributed by atoms with E-state index in [9.17, 15) is 8.76 Å². The van der Waals surface area contributed by atoms with Gasteiger partial charge in [-0.25, -0.2) is 4.72 Å². The molecule has 24 heavy (non-hydrogen) atoms. The van der Waals surface area contributed by atoms with Crippen LogP contribution in [0.4, 0.5) is 0 Å². The first kappa shape index (κ1) is 16.5. The fraction of sp³-hybridized carbons (Fsp3) is 0.176. The minimum Gasteiger partial charge on any atom is -0.760 e. The van der Waals surface area contributed by atoms with Gasteiger partial charge in [0.25, 0.3) is 0 Å². The Morgan fingerprint density at radius 1 is 1.08 bits per heavy atom. The Hall–Kier alpha value is -2.35. The molecule has 0 radical (unpaired) electrons. The van der Waals surface area contributed by atoms with Gasteiger partial charge in [0.15, 0.2) is 11.5 Å². The van der Waals surface area contributed by atoms with Gasteiger partial charge in [-0.2, -0.15) is 0 Å². The molecule has 0 amide bonds. The van der Waals surface area contributed by atoms with Crippen molar-refractivity contribution in [3.05, 3.63) is 54.2 Å². The van der Waals surface area contributed by atoms with Gasteiger partial charge in [0.2, 0.25) is 0 Å². The van der Waals surface area contributed by atoms with Gasteiger partial charge in [-0.15, -0.1) is 0 Å². The number of nitrogens with one attached hydrogen (secondary N) is 1. The number of methoxy groups -OCH3 is 2. The van der Waals surface area contributed by atoms with Crippen LogP contribution in [0.2, 0.25) is 0 Å².